The van der Waals surface area contributed by atoms with Crippen LogP contribution in [0.25, 0.3) is 11.3 Å². The van der Waals surface area contributed by atoms with Crippen molar-refractivity contribution in [3.05, 3.63) is 47.8 Å². The van der Waals surface area contributed by atoms with E-state index < -0.39 is 0 Å². The summed E-state index contributed by atoms with van der Waals surface area (Å²) in [4.78, 5) is 21.7. The maximum absolute atomic E-state index is 5.82. The van der Waals surface area contributed by atoms with Crippen LogP contribution in [0, 0.1) is 6.92 Å². The van der Waals surface area contributed by atoms with E-state index in [1.807, 2.05) is 13.0 Å². The van der Waals surface area contributed by atoms with Gasteiger partial charge in [0.1, 0.15) is 17.9 Å². The Morgan fingerprint density at radius 2 is 1.93 bits per heavy atom. The summed E-state index contributed by atoms with van der Waals surface area (Å²) in [5, 5.41) is 6.31. The van der Waals surface area contributed by atoms with Crippen LogP contribution in [-0.4, -0.2) is 45.1 Å². The second-order valence-corrected chi connectivity index (χ2v) is 6.84. The van der Waals surface area contributed by atoms with Crippen LogP contribution in [0.3, 0.4) is 0 Å². The Morgan fingerprint density at radius 1 is 1.14 bits per heavy atom. The molecule has 2 N–H and O–H groups in total. The Bertz CT molecular complexity index is 981. The molecule has 1 aliphatic rings. The number of aromatic nitrogens is 5. The Hall–Kier alpha value is -2.94. The average molecular weight is 412 g/mol. The quantitative estimate of drug-likeness (QED) is 0.639. The Kier molecular flexibility index (Phi) is 6.48. The van der Waals surface area contributed by atoms with E-state index in [-0.39, 0.29) is 19.4 Å². The first-order chi connectivity index (χ1) is 13.6. The molecule has 4 rings (SSSR count). The van der Waals surface area contributed by atoms with E-state index in [4.69, 9.17) is 4.74 Å². The number of anilines is 2. The number of aryl methyl sites for hydroxylation is 1. The first kappa shape index (κ1) is 20.8. The number of nitrogens with zero attached hydrogens (tertiary/aromatic N) is 5. The van der Waals surface area contributed by atoms with Crippen molar-refractivity contribution in [3.63, 3.8) is 0 Å². The van der Waals surface area contributed by atoms with E-state index >= 15 is 0 Å². The van der Waals surface area contributed by atoms with Crippen LogP contribution in [0.15, 0.2) is 30.9 Å². The van der Waals surface area contributed by atoms with Crippen molar-refractivity contribution in [1.82, 2.24) is 24.9 Å². The summed E-state index contributed by atoms with van der Waals surface area (Å²) >= 11 is 0. The Morgan fingerprint density at radius 3 is 2.69 bits per heavy atom. The second kappa shape index (κ2) is 9.04. The maximum atomic E-state index is 5.82. The maximum Gasteiger partial charge on any atom is 0.222 e. The van der Waals surface area contributed by atoms with Gasteiger partial charge in [0.2, 0.25) is 5.95 Å². The lowest BCUT2D eigenvalue weighted by molar-refractivity contribution is 0.352. The zero-order chi connectivity index (χ0) is 19.5. The molecule has 0 unspecified atom stereocenters. The molecule has 0 saturated heterocycles. The van der Waals surface area contributed by atoms with Crippen LogP contribution in [0.2, 0.25) is 0 Å². The van der Waals surface area contributed by atoms with Gasteiger partial charge in [0.25, 0.3) is 0 Å². The molecule has 3 aromatic heterocycles. The number of rotatable bonds is 6. The third-order valence-electron chi connectivity index (χ3n) is 4.74. The van der Waals surface area contributed by atoms with Gasteiger partial charge < -0.3 is 15.4 Å². The van der Waals surface area contributed by atoms with E-state index in [9.17, 15) is 0 Å². The highest BCUT2D eigenvalue weighted by Gasteiger charge is 2.22. The second-order valence-electron chi connectivity index (χ2n) is 6.84. The lowest BCUT2D eigenvalue weighted by Gasteiger charge is -2.17. The van der Waals surface area contributed by atoms with Crippen LogP contribution in [-0.2, 0) is 6.42 Å². The number of nitrogens with one attached hydrogen (secondary N) is 2. The van der Waals surface area contributed by atoms with E-state index in [2.05, 4.69) is 48.5 Å². The van der Waals surface area contributed by atoms with Crippen molar-refractivity contribution in [2.24, 2.45) is 0 Å². The molecule has 3 aromatic rings. The fourth-order valence-electron chi connectivity index (χ4n) is 3.27. The normalized spacial score (nSPS) is 13.1. The molecule has 4 heterocycles. The first-order valence-electron chi connectivity index (χ1n) is 9.33. The largest absolute Gasteiger partial charge is 0.491 e. The minimum atomic E-state index is 0. The van der Waals surface area contributed by atoms with Crippen molar-refractivity contribution in [1.29, 1.82) is 0 Å². The third kappa shape index (κ3) is 4.56. The van der Waals surface area contributed by atoms with E-state index in [1.54, 1.807) is 25.8 Å². The fourth-order valence-corrected chi connectivity index (χ4v) is 3.27. The lowest BCUT2D eigenvalue weighted by atomic mass is 9.99. The minimum absolute atomic E-state index is 0. The predicted octanol–water partition coefficient (Wildman–Crippen LogP) is 2.94. The number of hydrogen-bond acceptors (Lipinski definition) is 8. The van der Waals surface area contributed by atoms with Gasteiger partial charge in [0.15, 0.2) is 0 Å². The van der Waals surface area contributed by atoms with E-state index in [0.717, 1.165) is 47.2 Å². The Labute approximate surface area is 177 Å². The molecular formula is C20H25N7OS. The molecule has 1 aliphatic heterocycles. The summed E-state index contributed by atoms with van der Waals surface area (Å²) in [5.41, 5.74) is 4.90. The third-order valence-corrected chi connectivity index (χ3v) is 4.74. The Balaban J connectivity index is 0.00000240. The van der Waals surface area contributed by atoms with Crippen molar-refractivity contribution < 1.29 is 4.74 Å². The topological polar surface area (TPSA) is 97.7 Å². The number of pyridine rings is 1. The molecule has 0 fully saturated rings. The van der Waals surface area contributed by atoms with Crippen LogP contribution in [0.5, 0.6) is 5.75 Å². The molecule has 0 spiro atoms. The summed E-state index contributed by atoms with van der Waals surface area (Å²) < 4.78 is 5.82. The molecule has 0 aliphatic carbocycles. The molecule has 0 radical (unpaired) electrons. The number of fused-ring (bicyclic) bond motifs is 1. The highest BCUT2D eigenvalue weighted by molar-refractivity contribution is 7.59. The van der Waals surface area contributed by atoms with Crippen molar-refractivity contribution >= 4 is 25.3 Å². The zero-order valence-corrected chi connectivity index (χ0v) is 17.7. The SMILES string of the molecule is CNc1ncc(-c2cc(NC[C@@H](C)c3cc(C)nc4c3OCC4)ncn2)cn1.S. The van der Waals surface area contributed by atoms with Gasteiger partial charge in [-0.25, -0.2) is 19.9 Å². The predicted molar refractivity (Wildman–Crippen MR) is 118 cm³/mol. The smallest absolute Gasteiger partial charge is 0.222 e. The lowest BCUT2D eigenvalue weighted by Crippen LogP contribution is -2.12. The van der Waals surface area contributed by atoms with Gasteiger partial charge in [-0.05, 0) is 13.0 Å². The van der Waals surface area contributed by atoms with Gasteiger partial charge in [-0.2, -0.15) is 13.5 Å². The fraction of sp³-hybridized carbons (Fsp3) is 0.350. The molecule has 152 valence electrons. The van der Waals surface area contributed by atoms with E-state index in [1.165, 1.54) is 5.56 Å². The molecule has 1 atom stereocenters. The summed E-state index contributed by atoms with van der Waals surface area (Å²) in [7, 11) is 1.79. The van der Waals surface area contributed by atoms with Gasteiger partial charge in [-0.15, -0.1) is 0 Å². The van der Waals surface area contributed by atoms with Gasteiger partial charge in [0.05, 0.1) is 18.0 Å². The standard InChI is InChI=1S/C20H23N7O.H2S/c1-12(15-6-13(2)27-16-4-5-28-19(15)16)8-22-18-7-17(25-11-26-18)14-9-23-20(21-3)24-10-14;/h6-7,9-12H,4-5,8H2,1-3H3,(H,21,23,24)(H,22,25,26);1H2/t12-;/m1./s1. The first-order valence-corrected chi connectivity index (χ1v) is 9.33. The van der Waals surface area contributed by atoms with Gasteiger partial charge in [0, 0.05) is 61.2 Å². The molecule has 9 heteroatoms. The summed E-state index contributed by atoms with van der Waals surface area (Å²) in [6, 6.07) is 4.02. The summed E-state index contributed by atoms with van der Waals surface area (Å²) in [6.07, 6.45) is 5.92. The van der Waals surface area contributed by atoms with Crippen molar-refractivity contribution in [3.8, 4) is 17.0 Å². The minimum Gasteiger partial charge on any atom is -0.491 e. The van der Waals surface area contributed by atoms with Crippen molar-refractivity contribution in [2.75, 3.05) is 30.8 Å². The molecule has 0 saturated carbocycles. The van der Waals surface area contributed by atoms with Gasteiger partial charge >= 0.3 is 0 Å². The monoisotopic (exact) mass is 411 g/mol. The van der Waals surface area contributed by atoms with Crippen LogP contribution >= 0.6 is 13.5 Å². The highest BCUT2D eigenvalue weighted by Crippen LogP contribution is 2.34. The summed E-state index contributed by atoms with van der Waals surface area (Å²) in [6.45, 7) is 5.64. The molecule has 8 nitrogen and oxygen atoms in total. The zero-order valence-electron chi connectivity index (χ0n) is 16.7. The molecule has 0 amide bonds. The van der Waals surface area contributed by atoms with Crippen molar-refractivity contribution in [2.45, 2.75) is 26.2 Å². The summed E-state index contributed by atoms with van der Waals surface area (Å²) in [5.74, 6) is 2.54. The molecule has 0 aromatic carbocycles. The highest BCUT2D eigenvalue weighted by atomic mass is 32.1. The van der Waals surface area contributed by atoms with Crippen LogP contribution < -0.4 is 15.4 Å². The number of hydrogen-bond donors (Lipinski definition) is 2. The van der Waals surface area contributed by atoms with E-state index in [0.29, 0.717) is 12.6 Å². The van der Waals surface area contributed by atoms with Gasteiger partial charge in [-0.3, -0.25) is 4.98 Å². The molecule has 29 heavy (non-hydrogen) atoms. The van der Waals surface area contributed by atoms with Gasteiger partial charge in [-0.1, -0.05) is 6.92 Å². The average Bonchev–Trinajstić information content (AvgIpc) is 3.20. The molecular weight excluding hydrogens is 386 g/mol. The number of ether oxygens (including phenoxy) is 1. The van der Waals surface area contributed by atoms with Crippen LogP contribution in [0.1, 0.15) is 29.8 Å². The van der Waals surface area contributed by atoms with Crippen LogP contribution in [0.4, 0.5) is 11.8 Å². The molecule has 0 bridgehead atoms.